The average Bonchev–Trinajstić information content (AvgIpc) is 2.49. The van der Waals surface area contributed by atoms with Gasteiger partial charge in [0.15, 0.2) is 0 Å². The van der Waals surface area contributed by atoms with Gasteiger partial charge in [-0.1, -0.05) is 35.3 Å². The third kappa shape index (κ3) is 4.73. The number of amides is 1. The van der Waals surface area contributed by atoms with E-state index in [-0.39, 0.29) is 5.91 Å². The number of benzene rings is 1. The Hall–Kier alpha value is -1.58. The van der Waals surface area contributed by atoms with Gasteiger partial charge in [-0.15, -0.1) is 0 Å². The minimum Gasteiger partial charge on any atom is -0.345 e. The zero-order valence-electron chi connectivity index (χ0n) is 11.7. The normalized spacial score (nSPS) is 10.4. The third-order valence-electron chi connectivity index (χ3n) is 3.19. The molecule has 1 heterocycles. The lowest BCUT2D eigenvalue weighted by atomic mass is 10.1. The van der Waals surface area contributed by atoms with Crippen molar-refractivity contribution in [3.8, 4) is 0 Å². The molecule has 1 aromatic carbocycles. The highest BCUT2D eigenvalue weighted by Crippen LogP contribution is 2.22. The molecule has 2 rings (SSSR count). The molecule has 0 spiro atoms. The molecule has 0 bridgehead atoms. The summed E-state index contributed by atoms with van der Waals surface area (Å²) in [4.78, 5) is 18.1. The number of carbonyl (C=O) groups excluding carboxylic acids is 1. The van der Waals surface area contributed by atoms with Gasteiger partial charge in [-0.2, -0.15) is 0 Å². The van der Waals surface area contributed by atoms with Crippen molar-refractivity contribution in [2.24, 2.45) is 0 Å². The lowest BCUT2D eigenvalue weighted by Gasteiger charge is -2.17. The number of aromatic nitrogens is 1. The van der Waals surface area contributed by atoms with Gasteiger partial charge in [0, 0.05) is 31.9 Å². The highest BCUT2D eigenvalue weighted by Gasteiger charge is 2.11. The van der Waals surface area contributed by atoms with Crippen molar-refractivity contribution in [3.63, 3.8) is 0 Å². The summed E-state index contributed by atoms with van der Waals surface area (Å²) in [7, 11) is 1.79. The fourth-order valence-corrected chi connectivity index (χ4v) is 2.23. The minimum atomic E-state index is 0.0457. The van der Waals surface area contributed by atoms with Crippen LogP contribution in [0.1, 0.15) is 11.3 Å². The van der Waals surface area contributed by atoms with Crippen LogP contribution >= 0.6 is 23.2 Å². The van der Waals surface area contributed by atoms with Crippen LogP contribution in [0.25, 0.3) is 0 Å². The number of halogens is 2. The summed E-state index contributed by atoms with van der Waals surface area (Å²) >= 11 is 11.8. The molecule has 0 fully saturated rings. The second kappa shape index (κ2) is 7.43. The van der Waals surface area contributed by atoms with Crippen LogP contribution in [0.5, 0.6) is 0 Å². The first kappa shape index (κ1) is 15.8. The van der Waals surface area contributed by atoms with Gasteiger partial charge in [-0.05, 0) is 29.8 Å². The van der Waals surface area contributed by atoms with Crippen molar-refractivity contribution in [3.05, 3.63) is 63.9 Å². The maximum atomic E-state index is 12.2. The van der Waals surface area contributed by atoms with Crippen molar-refractivity contribution in [1.82, 2.24) is 9.88 Å². The zero-order valence-corrected chi connectivity index (χ0v) is 13.2. The summed E-state index contributed by atoms with van der Waals surface area (Å²) in [5, 5.41) is 0.967. The van der Waals surface area contributed by atoms with E-state index in [2.05, 4.69) is 4.98 Å². The second-order valence-corrected chi connectivity index (χ2v) is 5.63. The Bertz CT molecular complexity index is 617. The number of hydrogen-bond acceptors (Lipinski definition) is 2. The second-order valence-electron chi connectivity index (χ2n) is 4.81. The Morgan fingerprint density at radius 3 is 2.67 bits per heavy atom. The highest BCUT2D eigenvalue weighted by molar-refractivity contribution is 6.42. The number of hydrogen-bond donors (Lipinski definition) is 0. The van der Waals surface area contributed by atoms with E-state index < -0.39 is 0 Å². The van der Waals surface area contributed by atoms with E-state index in [1.54, 1.807) is 30.3 Å². The Labute approximate surface area is 134 Å². The Morgan fingerprint density at radius 1 is 1.19 bits per heavy atom. The van der Waals surface area contributed by atoms with E-state index in [9.17, 15) is 4.79 Å². The van der Waals surface area contributed by atoms with Crippen LogP contribution in [-0.4, -0.2) is 29.4 Å². The monoisotopic (exact) mass is 322 g/mol. The molecule has 0 saturated carbocycles. The molecular formula is C16H16Cl2N2O. The van der Waals surface area contributed by atoms with Crippen LogP contribution < -0.4 is 0 Å². The van der Waals surface area contributed by atoms with Gasteiger partial charge in [-0.25, -0.2) is 0 Å². The number of carbonyl (C=O) groups is 1. The molecule has 0 radical (unpaired) electrons. The number of likely N-dealkylation sites (N-methyl/N-ethyl adjacent to an activating group) is 1. The summed E-state index contributed by atoms with van der Waals surface area (Å²) in [6.45, 7) is 0.636. The first-order chi connectivity index (χ1) is 10.1. The van der Waals surface area contributed by atoms with Gasteiger partial charge in [0.05, 0.1) is 16.5 Å². The predicted molar refractivity (Wildman–Crippen MR) is 85.7 cm³/mol. The lowest BCUT2D eigenvalue weighted by Crippen LogP contribution is -2.30. The number of nitrogens with zero attached hydrogens (tertiary/aromatic N) is 2. The summed E-state index contributed by atoms with van der Waals surface area (Å²) in [6, 6.07) is 11.0. The fraction of sp³-hybridized carbons (Fsp3) is 0.250. The predicted octanol–water partition coefficient (Wildman–Crippen LogP) is 3.63. The summed E-state index contributed by atoms with van der Waals surface area (Å²) in [6.07, 6.45) is 2.81. The van der Waals surface area contributed by atoms with Gasteiger partial charge >= 0.3 is 0 Å². The SMILES string of the molecule is CN(CCc1ccccn1)C(=O)Cc1ccc(Cl)c(Cl)c1. The Morgan fingerprint density at radius 2 is 2.00 bits per heavy atom. The van der Waals surface area contributed by atoms with Crippen LogP contribution in [0.2, 0.25) is 10.0 Å². The van der Waals surface area contributed by atoms with E-state index in [0.29, 0.717) is 23.0 Å². The van der Waals surface area contributed by atoms with Gasteiger partial charge in [0.25, 0.3) is 0 Å². The van der Waals surface area contributed by atoms with Gasteiger partial charge in [-0.3, -0.25) is 9.78 Å². The van der Waals surface area contributed by atoms with Crippen LogP contribution in [0, 0.1) is 0 Å². The summed E-state index contributed by atoms with van der Waals surface area (Å²) in [5.41, 5.74) is 1.84. The van der Waals surface area contributed by atoms with E-state index in [1.165, 1.54) is 0 Å². The Balaban J connectivity index is 1.89. The van der Waals surface area contributed by atoms with Crippen molar-refractivity contribution < 1.29 is 4.79 Å². The Kier molecular flexibility index (Phi) is 5.59. The van der Waals surface area contributed by atoms with Crippen molar-refractivity contribution in [2.75, 3.05) is 13.6 Å². The van der Waals surface area contributed by atoms with Crippen molar-refractivity contribution in [2.45, 2.75) is 12.8 Å². The number of pyridine rings is 1. The van der Waals surface area contributed by atoms with Gasteiger partial charge in [0.2, 0.25) is 5.91 Å². The molecule has 110 valence electrons. The smallest absolute Gasteiger partial charge is 0.226 e. The molecular weight excluding hydrogens is 307 g/mol. The molecule has 1 amide bonds. The molecule has 0 saturated heterocycles. The van der Waals surface area contributed by atoms with Crippen LogP contribution in [0.4, 0.5) is 0 Å². The number of rotatable bonds is 5. The van der Waals surface area contributed by atoms with Crippen LogP contribution in [0.15, 0.2) is 42.6 Å². The first-order valence-electron chi connectivity index (χ1n) is 6.64. The van der Waals surface area contributed by atoms with Crippen molar-refractivity contribution in [1.29, 1.82) is 0 Å². The molecule has 21 heavy (non-hydrogen) atoms. The minimum absolute atomic E-state index is 0.0457. The molecule has 0 aliphatic rings. The molecule has 0 atom stereocenters. The molecule has 2 aromatic rings. The topological polar surface area (TPSA) is 33.2 Å². The lowest BCUT2D eigenvalue weighted by molar-refractivity contribution is -0.129. The molecule has 0 aliphatic heterocycles. The van der Waals surface area contributed by atoms with E-state index >= 15 is 0 Å². The molecule has 5 heteroatoms. The molecule has 0 aliphatic carbocycles. The van der Waals surface area contributed by atoms with Gasteiger partial charge in [0.1, 0.15) is 0 Å². The maximum absolute atomic E-state index is 12.2. The van der Waals surface area contributed by atoms with Gasteiger partial charge < -0.3 is 4.90 Å². The standard InChI is InChI=1S/C16H16Cl2N2O/c1-20(9-7-13-4-2-3-8-19-13)16(21)11-12-5-6-14(17)15(18)10-12/h2-6,8,10H,7,9,11H2,1H3. The average molecular weight is 323 g/mol. The largest absolute Gasteiger partial charge is 0.345 e. The highest BCUT2D eigenvalue weighted by atomic mass is 35.5. The van der Waals surface area contributed by atoms with Crippen LogP contribution in [-0.2, 0) is 17.6 Å². The summed E-state index contributed by atoms with van der Waals surface area (Å²) in [5.74, 6) is 0.0457. The fourth-order valence-electron chi connectivity index (χ4n) is 1.91. The van der Waals surface area contributed by atoms with E-state index in [4.69, 9.17) is 23.2 Å². The molecule has 0 N–H and O–H groups in total. The molecule has 1 aromatic heterocycles. The third-order valence-corrected chi connectivity index (χ3v) is 3.93. The van der Waals surface area contributed by atoms with E-state index in [1.807, 2.05) is 24.3 Å². The first-order valence-corrected chi connectivity index (χ1v) is 7.39. The molecule has 0 unspecified atom stereocenters. The zero-order chi connectivity index (χ0) is 15.2. The van der Waals surface area contributed by atoms with E-state index in [0.717, 1.165) is 17.7 Å². The van der Waals surface area contributed by atoms with Crippen molar-refractivity contribution >= 4 is 29.1 Å². The summed E-state index contributed by atoms with van der Waals surface area (Å²) < 4.78 is 0. The quantitative estimate of drug-likeness (QED) is 0.842. The maximum Gasteiger partial charge on any atom is 0.226 e. The van der Waals surface area contributed by atoms with Crippen LogP contribution in [0.3, 0.4) is 0 Å². The molecule has 3 nitrogen and oxygen atoms in total.